The Hall–Kier alpha value is -2.05. The predicted octanol–water partition coefficient (Wildman–Crippen LogP) is 3.54. The molecule has 4 rings (SSSR count). The zero-order chi connectivity index (χ0) is 19.6. The van der Waals surface area contributed by atoms with Crippen LogP contribution in [0.4, 0.5) is 0 Å². The molecule has 1 aromatic heterocycles. The Morgan fingerprint density at radius 2 is 1.86 bits per heavy atom. The number of nitrogens with zero attached hydrogens (tertiary/aromatic N) is 1. The molecule has 2 aromatic carbocycles. The maximum atomic E-state index is 11.0. The second-order valence-corrected chi connectivity index (χ2v) is 7.94. The van der Waals surface area contributed by atoms with Gasteiger partial charge in [0.05, 0.1) is 5.60 Å². The van der Waals surface area contributed by atoms with E-state index in [0.717, 1.165) is 35.3 Å². The minimum atomic E-state index is -0.827. The molecule has 2 heterocycles. The standard InChI is InChI=1S/C22H25ClN2O3/c23-17-6-4-16(5-7-17)22(27)9-12-25(13-10-22)14-18(26)15-28-21-3-1-2-20-19(21)8-11-24-20/h1-8,11,18,24,26-27H,9-10,12-15H2/t18-/m0/s1. The Bertz CT molecular complexity index is 917. The fraction of sp³-hybridized carbons (Fsp3) is 0.364. The van der Waals surface area contributed by atoms with Crippen LogP contribution in [0.2, 0.25) is 5.02 Å². The smallest absolute Gasteiger partial charge is 0.128 e. The first-order valence-corrected chi connectivity index (χ1v) is 9.99. The average molecular weight is 401 g/mol. The molecule has 1 aliphatic heterocycles. The van der Waals surface area contributed by atoms with Crippen molar-refractivity contribution >= 4 is 22.5 Å². The largest absolute Gasteiger partial charge is 0.490 e. The number of hydrogen-bond acceptors (Lipinski definition) is 4. The molecule has 0 radical (unpaired) electrons. The van der Waals surface area contributed by atoms with Crippen LogP contribution in [0.1, 0.15) is 18.4 Å². The Kier molecular flexibility index (Phi) is 5.60. The lowest BCUT2D eigenvalue weighted by atomic mass is 9.84. The van der Waals surface area contributed by atoms with Crippen LogP contribution in [0.15, 0.2) is 54.7 Å². The number of H-pyrrole nitrogens is 1. The topological polar surface area (TPSA) is 68.7 Å². The van der Waals surface area contributed by atoms with Crippen LogP contribution in [0.3, 0.4) is 0 Å². The number of aromatic amines is 1. The first kappa shape index (κ1) is 19.3. The van der Waals surface area contributed by atoms with E-state index in [9.17, 15) is 10.2 Å². The number of fused-ring (bicyclic) bond motifs is 1. The molecule has 0 unspecified atom stereocenters. The number of aliphatic hydroxyl groups excluding tert-OH is 1. The third-order valence-corrected chi connectivity index (χ3v) is 5.77. The summed E-state index contributed by atoms with van der Waals surface area (Å²) < 4.78 is 5.84. The molecule has 3 aromatic rings. The van der Waals surface area contributed by atoms with Crippen molar-refractivity contribution < 1.29 is 14.9 Å². The number of hydrogen-bond donors (Lipinski definition) is 3. The molecule has 28 heavy (non-hydrogen) atoms. The third-order valence-electron chi connectivity index (χ3n) is 5.52. The van der Waals surface area contributed by atoms with Gasteiger partial charge in [0.1, 0.15) is 18.5 Å². The summed E-state index contributed by atoms with van der Waals surface area (Å²) in [5.74, 6) is 0.772. The summed E-state index contributed by atoms with van der Waals surface area (Å²) >= 11 is 5.94. The van der Waals surface area contributed by atoms with Gasteiger partial charge in [-0.25, -0.2) is 0 Å². The van der Waals surface area contributed by atoms with E-state index in [4.69, 9.17) is 16.3 Å². The molecule has 5 nitrogen and oxygen atoms in total. The summed E-state index contributed by atoms with van der Waals surface area (Å²) in [6.07, 6.45) is 2.55. The molecule has 0 aliphatic carbocycles. The normalized spacial score (nSPS) is 18.2. The highest BCUT2D eigenvalue weighted by atomic mass is 35.5. The minimum Gasteiger partial charge on any atom is -0.490 e. The zero-order valence-electron chi connectivity index (χ0n) is 15.6. The van der Waals surface area contributed by atoms with E-state index in [1.807, 2.05) is 54.7 Å². The van der Waals surface area contributed by atoms with Crippen molar-refractivity contribution in [1.82, 2.24) is 9.88 Å². The van der Waals surface area contributed by atoms with E-state index in [1.54, 1.807) is 0 Å². The van der Waals surface area contributed by atoms with Gasteiger partial charge in [0.15, 0.2) is 0 Å². The Labute approximate surface area is 169 Å². The molecule has 1 fully saturated rings. The summed E-state index contributed by atoms with van der Waals surface area (Å²) in [7, 11) is 0. The highest BCUT2D eigenvalue weighted by Crippen LogP contribution is 2.33. The fourth-order valence-corrected chi connectivity index (χ4v) is 4.00. The van der Waals surface area contributed by atoms with Gasteiger partial charge in [-0.1, -0.05) is 29.8 Å². The highest BCUT2D eigenvalue weighted by Gasteiger charge is 2.34. The SMILES string of the molecule is O[C@H](COc1cccc2[nH]ccc12)CN1CCC(O)(c2ccc(Cl)cc2)CC1. The van der Waals surface area contributed by atoms with E-state index >= 15 is 0 Å². The van der Waals surface area contributed by atoms with E-state index in [2.05, 4.69) is 9.88 Å². The summed E-state index contributed by atoms with van der Waals surface area (Å²) in [6, 6.07) is 15.2. The number of rotatable bonds is 6. The van der Waals surface area contributed by atoms with E-state index in [0.29, 0.717) is 24.4 Å². The summed E-state index contributed by atoms with van der Waals surface area (Å²) in [5.41, 5.74) is 1.09. The van der Waals surface area contributed by atoms with Crippen molar-refractivity contribution in [3.05, 3.63) is 65.3 Å². The Morgan fingerprint density at radius 3 is 2.61 bits per heavy atom. The Balaban J connectivity index is 1.28. The maximum absolute atomic E-state index is 11.0. The first-order valence-electron chi connectivity index (χ1n) is 9.61. The molecule has 0 bridgehead atoms. The van der Waals surface area contributed by atoms with Crippen LogP contribution >= 0.6 is 11.6 Å². The van der Waals surface area contributed by atoms with Gasteiger partial charge >= 0.3 is 0 Å². The maximum Gasteiger partial charge on any atom is 0.128 e. The molecule has 1 atom stereocenters. The first-order chi connectivity index (χ1) is 13.5. The second-order valence-electron chi connectivity index (χ2n) is 7.50. The summed E-state index contributed by atoms with van der Waals surface area (Å²) in [4.78, 5) is 5.33. The van der Waals surface area contributed by atoms with Gasteiger partial charge < -0.3 is 24.8 Å². The molecule has 6 heteroatoms. The van der Waals surface area contributed by atoms with Gasteiger partial charge in [-0.05, 0) is 48.7 Å². The van der Waals surface area contributed by atoms with Crippen molar-refractivity contribution in [3.63, 3.8) is 0 Å². The number of halogens is 1. The number of aliphatic hydroxyl groups is 2. The number of β-amino-alcohol motifs (C(OH)–C–C–N with tert-alkyl or cyclic N) is 1. The van der Waals surface area contributed by atoms with Crippen molar-refractivity contribution in [3.8, 4) is 5.75 Å². The van der Waals surface area contributed by atoms with Gasteiger partial charge in [0.2, 0.25) is 0 Å². The monoisotopic (exact) mass is 400 g/mol. The molecule has 3 N–H and O–H groups in total. The number of nitrogens with one attached hydrogen (secondary N) is 1. The summed E-state index contributed by atoms with van der Waals surface area (Å²) in [5, 5.41) is 23.1. The van der Waals surface area contributed by atoms with Crippen LogP contribution in [0.25, 0.3) is 10.9 Å². The van der Waals surface area contributed by atoms with Gasteiger partial charge in [-0.3, -0.25) is 0 Å². The summed E-state index contributed by atoms with van der Waals surface area (Å²) in [6.45, 7) is 2.22. The third kappa shape index (κ3) is 4.18. The lowest BCUT2D eigenvalue weighted by Gasteiger charge is -2.39. The van der Waals surface area contributed by atoms with Crippen LogP contribution in [-0.2, 0) is 5.60 Å². The number of piperidine rings is 1. The molecule has 148 valence electrons. The quantitative estimate of drug-likeness (QED) is 0.592. The van der Waals surface area contributed by atoms with Gasteiger partial charge in [-0.2, -0.15) is 0 Å². The van der Waals surface area contributed by atoms with E-state index in [-0.39, 0.29) is 6.61 Å². The van der Waals surface area contributed by atoms with Gasteiger partial charge in [0, 0.05) is 41.8 Å². The second kappa shape index (κ2) is 8.13. The highest BCUT2D eigenvalue weighted by molar-refractivity contribution is 6.30. The lowest BCUT2D eigenvalue weighted by molar-refractivity contribution is -0.0372. The average Bonchev–Trinajstić information content (AvgIpc) is 3.18. The number of aromatic nitrogens is 1. The fourth-order valence-electron chi connectivity index (χ4n) is 3.87. The van der Waals surface area contributed by atoms with Crippen LogP contribution in [0.5, 0.6) is 5.75 Å². The Morgan fingerprint density at radius 1 is 1.11 bits per heavy atom. The van der Waals surface area contributed by atoms with Crippen LogP contribution in [-0.4, -0.2) is 52.4 Å². The van der Waals surface area contributed by atoms with Crippen molar-refractivity contribution in [2.45, 2.75) is 24.5 Å². The molecule has 1 saturated heterocycles. The number of ether oxygens (including phenoxy) is 1. The molecule has 1 aliphatic rings. The van der Waals surface area contributed by atoms with Crippen molar-refractivity contribution in [2.75, 3.05) is 26.2 Å². The van der Waals surface area contributed by atoms with Crippen molar-refractivity contribution in [1.29, 1.82) is 0 Å². The molecule has 0 amide bonds. The minimum absolute atomic E-state index is 0.238. The van der Waals surface area contributed by atoms with E-state index < -0.39 is 11.7 Å². The van der Waals surface area contributed by atoms with Crippen LogP contribution in [0, 0.1) is 0 Å². The van der Waals surface area contributed by atoms with Crippen LogP contribution < -0.4 is 4.74 Å². The molecular weight excluding hydrogens is 376 g/mol. The van der Waals surface area contributed by atoms with E-state index in [1.165, 1.54) is 0 Å². The van der Waals surface area contributed by atoms with Crippen molar-refractivity contribution in [2.24, 2.45) is 0 Å². The predicted molar refractivity (Wildman–Crippen MR) is 111 cm³/mol. The molecule has 0 saturated carbocycles. The molecule has 0 spiro atoms. The van der Waals surface area contributed by atoms with Gasteiger partial charge in [-0.15, -0.1) is 0 Å². The zero-order valence-corrected chi connectivity index (χ0v) is 16.4. The number of benzene rings is 2. The lowest BCUT2D eigenvalue weighted by Crippen LogP contribution is -2.46. The van der Waals surface area contributed by atoms with Gasteiger partial charge in [0.25, 0.3) is 0 Å². The number of likely N-dealkylation sites (tertiary alicyclic amines) is 1. The molecular formula is C22H25ClN2O3.